The van der Waals surface area contributed by atoms with Crippen molar-refractivity contribution in [3.8, 4) is 0 Å². The van der Waals surface area contributed by atoms with E-state index in [1.165, 1.54) is 12.1 Å². The molecule has 0 fully saturated rings. The highest BCUT2D eigenvalue weighted by Gasteiger charge is 2.35. The van der Waals surface area contributed by atoms with E-state index in [0.717, 1.165) is 30.3 Å². The highest BCUT2D eigenvalue weighted by Crippen LogP contribution is 2.30. The van der Waals surface area contributed by atoms with Gasteiger partial charge in [0.1, 0.15) is 11.6 Å². The Labute approximate surface area is 182 Å². The van der Waals surface area contributed by atoms with Gasteiger partial charge in [0, 0.05) is 5.70 Å². The van der Waals surface area contributed by atoms with Crippen molar-refractivity contribution in [2.45, 2.75) is 17.9 Å². The Balaban J connectivity index is 2.10. The third kappa shape index (κ3) is 5.02. The van der Waals surface area contributed by atoms with Crippen molar-refractivity contribution in [3.05, 3.63) is 76.0 Å². The van der Waals surface area contributed by atoms with Crippen LogP contribution in [0.3, 0.4) is 0 Å². The summed E-state index contributed by atoms with van der Waals surface area (Å²) in [5.74, 6) is -2.96. The first-order valence-corrected chi connectivity index (χ1v) is 11.1. The second-order valence-electron chi connectivity index (χ2n) is 6.53. The number of esters is 1. The Kier molecular flexibility index (Phi) is 6.61. The van der Waals surface area contributed by atoms with Crippen LogP contribution in [-0.4, -0.2) is 32.8 Å². The number of carbonyl (C=O) groups is 2. The summed E-state index contributed by atoms with van der Waals surface area (Å²) in [4.78, 5) is 24.6. The number of sulfone groups is 1. The molecule has 1 heterocycles. The average molecular weight is 471 g/mol. The second-order valence-corrected chi connectivity index (χ2v) is 8.93. The van der Waals surface area contributed by atoms with Gasteiger partial charge in [-0.2, -0.15) is 0 Å². The number of nitrogens with one attached hydrogen (secondary N) is 2. The Morgan fingerprint density at radius 2 is 1.84 bits per heavy atom. The van der Waals surface area contributed by atoms with Crippen LogP contribution in [0.1, 0.15) is 18.5 Å². The predicted molar refractivity (Wildman–Crippen MR) is 108 cm³/mol. The number of hydrogen-bond donors (Lipinski definition) is 2. The van der Waals surface area contributed by atoms with Gasteiger partial charge in [0.05, 0.1) is 33.9 Å². The van der Waals surface area contributed by atoms with Gasteiger partial charge in [0.15, 0.2) is 9.84 Å². The number of carbonyl (C=O) groups excluding carboxylic acids is 2. The largest absolute Gasteiger partial charge is 0.463 e. The van der Waals surface area contributed by atoms with E-state index in [1.54, 1.807) is 6.92 Å². The molecule has 0 bridgehead atoms. The molecule has 11 heteroatoms. The lowest BCUT2D eigenvalue weighted by Gasteiger charge is -2.29. The lowest BCUT2D eigenvalue weighted by molar-refractivity contribution is -0.139. The molecule has 0 saturated heterocycles. The number of ether oxygens (including phenoxy) is 1. The summed E-state index contributed by atoms with van der Waals surface area (Å²) in [7, 11) is -4.14. The summed E-state index contributed by atoms with van der Waals surface area (Å²) in [6, 6.07) is 6.04. The van der Waals surface area contributed by atoms with E-state index in [9.17, 15) is 26.8 Å². The van der Waals surface area contributed by atoms with Gasteiger partial charge in [0.2, 0.25) is 0 Å². The van der Waals surface area contributed by atoms with Crippen molar-refractivity contribution in [2.75, 3.05) is 12.4 Å². The number of halogens is 3. The molecule has 0 unspecified atom stereocenters. The van der Waals surface area contributed by atoms with Crippen LogP contribution in [-0.2, 0) is 19.4 Å². The summed E-state index contributed by atoms with van der Waals surface area (Å²) < 4.78 is 57.6. The van der Waals surface area contributed by atoms with Crippen molar-refractivity contribution in [2.24, 2.45) is 0 Å². The number of urea groups is 1. The number of hydrogen-bond acceptors (Lipinski definition) is 5. The zero-order valence-corrected chi connectivity index (χ0v) is 17.7. The smallest absolute Gasteiger partial charge is 0.338 e. The first-order chi connectivity index (χ1) is 14.6. The van der Waals surface area contributed by atoms with Gasteiger partial charge in [-0.25, -0.2) is 26.8 Å². The van der Waals surface area contributed by atoms with Crippen LogP contribution in [0.2, 0.25) is 5.02 Å². The van der Waals surface area contributed by atoms with E-state index in [0.29, 0.717) is 5.56 Å². The number of rotatable bonds is 6. The molecule has 0 saturated carbocycles. The van der Waals surface area contributed by atoms with Gasteiger partial charge >= 0.3 is 12.0 Å². The molecular weight excluding hydrogens is 454 g/mol. The number of benzene rings is 2. The van der Waals surface area contributed by atoms with Crippen LogP contribution in [0.15, 0.2) is 58.6 Å². The Bertz CT molecular complexity index is 1170. The van der Waals surface area contributed by atoms with Crippen LogP contribution in [0.4, 0.5) is 13.6 Å². The maximum absolute atomic E-state index is 13.4. The summed E-state index contributed by atoms with van der Waals surface area (Å²) in [5, 5.41) is 4.46. The molecule has 2 aromatic rings. The molecule has 0 radical (unpaired) electrons. The molecule has 2 aromatic carbocycles. The minimum absolute atomic E-state index is 0.0000175. The quantitative estimate of drug-likeness (QED) is 0.498. The van der Waals surface area contributed by atoms with Gasteiger partial charge in [-0.15, -0.1) is 0 Å². The monoisotopic (exact) mass is 470 g/mol. The Hall–Kier alpha value is -2.98. The fourth-order valence-corrected chi connectivity index (χ4v) is 4.62. The molecule has 7 nitrogen and oxygen atoms in total. The van der Waals surface area contributed by atoms with Crippen LogP contribution in [0.5, 0.6) is 0 Å². The molecule has 0 aliphatic carbocycles. The van der Waals surface area contributed by atoms with Crippen molar-refractivity contribution in [1.82, 2.24) is 10.6 Å². The highest BCUT2D eigenvalue weighted by molar-refractivity contribution is 7.91. The summed E-state index contributed by atoms with van der Waals surface area (Å²) >= 11 is 5.69. The van der Waals surface area contributed by atoms with Crippen LogP contribution in [0, 0.1) is 11.6 Å². The van der Waals surface area contributed by atoms with Crippen LogP contribution >= 0.6 is 11.6 Å². The van der Waals surface area contributed by atoms with E-state index in [1.807, 2.05) is 0 Å². The Morgan fingerprint density at radius 3 is 2.45 bits per heavy atom. The standard InChI is InChI=1S/C20H17ClF2N2O5S/c1-2-30-19(26)17-16(10-31(28,29)13-7-8-15(23)14(21)9-13)24-20(27)25-18(17)11-3-5-12(22)6-4-11/h3-9,18H,2,10H2,1H3,(H2,24,25,27)/t18-/m1/s1. The van der Waals surface area contributed by atoms with Gasteiger partial charge in [-0.3, -0.25) is 0 Å². The minimum atomic E-state index is -4.14. The molecule has 31 heavy (non-hydrogen) atoms. The van der Waals surface area contributed by atoms with E-state index in [4.69, 9.17) is 16.3 Å². The topological polar surface area (TPSA) is 102 Å². The summed E-state index contributed by atoms with van der Waals surface area (Å²) in [5.41, 5.74) is -0.0131. The zero-order chi connectivity index (χ0) is 22.8. The fourth-order valence-electron chi connectivity index (χ4n) is 3.03. The van der Waals surface area contributed by atoms with Crippen molar-refractivity contribution >= 4 is 33.4 Å². The number of amides is 2. The average Bonchev–Trinajstić information content (AvgIpc) is 2.70. The van der Waals surface area contributed by atoms with Crippen molar-refractivity contribution in [3.63, 3.8) is 0 Å². The molecule has 2 amide bonds. The second kappa shape index (κ2) is 9.03. The van der Waals surface area contributed by atoms with E-state index < -0.39 is 45.3 Å². The molecule has 1 aliphatic heterocycles. The lowest BCUT2D eigenvalue weighted by atomic mass is 9.95. The molecular formula is C20H17ClF2N2O5S. The predicted octanol–water partition coefficient (Wildman–Crippen LogP) is 3.26. The third-order valence-corrected chi connectivity index (χ3v) is 6.37. The SMILES string of the molecule is CCOC(=O)C1=C(CS(=O)(=O)c2ccc(F)c(Cl)c2)NC(=O)N[C@@H]1c1ccc(F)cc1. The molecule has 3 rings (SSSR count). The highest BCUT2D eigenvalue weighted by atomic mass is 35.5. The maximum Gasteiger partial charge on any atom is 0.338 e. The van der Waals surface area contributed by atoms with E-state index in [2.05, 4.69) is 10.6 Å². The molecule has 0 aromatic heterocycles. The van der Waals surface area contributed by atoms with E-state index in [-0.39, 0.29) is 27.8 Å². The summed E-state index contributed by atoms with van der Waals surface area (Å²) in [6.07, 6.45) is 0. The van der Waals surface area contributed by atoms with Crippen molar-refractivity contribution < 1.29 is 31.5 Å². The van der Waals surface area contributed by atoms with Gasteiger partial charge < -0.3 is 15.4 Å². The van der Waals surface area contributed by atoms with E-state index >= 15 is 0 Å². The Morgan fingerprint density at radius 1 is 1.16 bits per heavy atom. The molecule has 1 aliphatic rings. The zero-order valence-electron chi connectivity index (χ0n) is 16.1. The van der Waals surface area contributed by atoms with Crippen molar-refractivity contribution in [1.29, 1.82) is 0 Å². The first kappa shape index (κ1) is 22.7. The van der Waals surface area contributed by atoms with Gasteiger partial charge in [-0.05, 0) is 42.8 Å². The van der Waals surface area contributed by atoms with Crippen LogP contribution in [0.25, 0.3) is 0 Å². The van der Waals surface area contributed by atoms with Crippen LogP contribution < -0.4 is 10.6 Å². The summed E-state index contributed by atoms with van der Waals surface area (Å²) in [6.45, 7) is 1.57. The maximum atomic E-state index is 13.4. The lowest BCUT2D eigenvalue weighted by Crippen LogP contribution is -2.47. The fraction of sp³-hybridized carbons (Fsp3) is 0.200. The molecule has 2 N–H and O–H groups in total. The first-order valence-electron chi connectivity index (χ1n) is 9.03. The molecule has 1 atom stereocenters. The molecule has 164 valence electrons. The molecule has 0 spiro atoms. The minimum Gasteiger partial charge on any atom is -0.463 e. The normalized spacial score (nSPS) is 16.5. The van der Waals surface area contributed by atoms with Gasteiger partial charge in [0.25, 0.3) is 0 Å². The third-order valence-electron chi connectivity index (χ3n) is 4.44. The van der Waals surface area contributed by atoms with Gasteiger partial charge in [-0.1, -0.05) is 23.7 Å².